The van der Waals surface area contributed by atoms with Crippen LogP contribution in [-0.2, 0) is 4.79 Å². The highest BCUT2D eigenvalue weighted by Gasteiger charge is 2.30. The minimum Gasteiger partial charge on any atom is -0.341 e. The van der Waals surface area contributed by atoms with Crippen molar-refractivity contribution in [2.24, 2.45) is 0 Å². The maximum absolute atomic E-state index is 12.8. The van der Waals surface area contributed by atoms with Gasteiger partial charge in [0.2, 0.25) is 11.9 Å². The Morgan fingerprint density at radius 1 is 1.12 bits per heavy atom. The number of anilines is 1. The number of rotatable bonds is 2. The quantitative estimate of drug-likeness (QED) is 0.813. The van der Waals surface area contributed by atoms with Crippen molar-refractivity contribution in [2.45, 2.75) is 39.2 Å². The minimum absolute atomic E-state index is 0.0106. The number of aromatic nitrogens is 2. The number of nitrogens with zero attached hydrogens (tertiary/aromatic N) is 5. The van der Waals surface area contributed by atoms with Crippen LogP contribution in [0.3, 0.4) is 0 Å². The molecule has 0 aliphatic carbocycles. The van der Waals surface area contributed by atoms with Crippen LogP contribution in [0.4, 0.5) is 5.95 Å². The molecule has 2 fully saturated rings. The lowest BCUT2D eigenvalue weighted by atomic mass is 10.1. The molecular formula is C17H25N5O2. The Hall–Kier alpha value is -2.18. The largest absolute Gasteiger partial charge is 0.341 e. The summed E-state index contributed by atoms with van der Waals surface area (Å²) in [7, 11) is 0. The third-order valence-electron chi connectivity index (χ3n) is 4.83. The third kappa shape index (κ3) is 3.49. The molecule has 7 nitrogen and oxygen atoms in total. The summed E-state index contributed by atoms with van der Waals surface area (Å²) in [6, 6.07) is 1.67. The standard InChI is InChI=1S/C17H25N5O2/c1-13-12-21(14(2)23)10-11-22(13)16(24)15-6-7-18-17(19-15)20-8-4-3-5-9-20/h6-7,13H,3-5,8-12H2,1-2H3. The van der Waals surface area contributed by atoms with E-state index in [9.17, 15) is 9.59 Å². The van der Waals surface area contributed by atoms with Crippen LogP contribution in [0.5, 0.6) is 0 Å². The molecule has 2 aliphatic heterocycles. The topological polar surface area (TPSA) is 69.6 Å². The van der Waals surface area contributed by atoms with E-state index in [0.717, 1.165) is 25.9 Å². The molecule has 3 rings (SSSR count). The molecule has 1 unspecified atom stereocenters. The van der Waals surface area contributed by atoms with E-state index < -0.39 is 0 Å². The van der Waals surface area contributed by atoms with Crippen molar-refractivity contribution in [2.75, 3.05) is 37.6 Å². The summed E-state index contributed by atoms with van der Waals surface area (Å²) in [6.07, 6.45) is 5.20. The van der Waals surface area contributed by atoms with Gasteiger partial charge < -0.3 is 14.7 Å². The fraction of sp³-hybridized carbons (Fsp3) is 0.647. The van der Waals surface area contributed by atoms with Crippen molar-refractivity contribution in [3.63, 3.8) is 0 Å². The lowest BCUT2D eigenvalue weighted by Gasteiger charge is -2.39. The van der Waals surface area contributed by atoms with E-state index in [1.807, 2.05) is 11.8 Å². The van der Waals surface area contributed by atoms with E-state index in [1.165, 1.54) is 6.42 Å². The normalized spacial score (nSPS) is 21.8. The summed E-state index contributed by atoms with van der Waals surface area (Å²) < 4.78 is 0. The van der Waals surface area contributed by atoms with E-state index in [4.69, 9.17) is 0 Å². The third-order valence-corrected chi connectivity index (χ3v) is 4.83. The molecule has 2 aliphatic rings. The van der Waals surface area contributed by atoms with Gasteiger partial charge in [-0.15, -0.1) is 0 Å². The Kier molecular flexibility index (Phi) is 4.97. The Balaban J connectivity index is 1.72. The summed E-state index contributed by atoms with van der Waals surface area (Å²) in [6.45, 7) is 7.14. The molecule has 0 bridgehead atoms. The smallest absolute Gasteiger partial charge is 0.273 e. The van der Waals surface area contributed by atoms with Crippen LogP contribution in [0.1, 0.15) is 43.6 Å². The maximum atomic E-state index is 12.8. The van der Waals surface area contributed by atoms with Gasteiger partial charge in [-0.05, 0) is 32.3 Å². The number of carbonyl (C=O) groups is 2. The monoisotopic (exact) mass is 331 g/mol. The van der Waals surface area contributed by atoms with Gasteiger partial charge in [0.25, 0.3) is 5.91 Å². The van der Waals surface area contributed by atoms with Crippen molar-refractivity contribution in [1.29, 1.82) is 0 Å². The van der Waals surface area contributed by atoms with Crippen LogP contribution < -0.4 is 4.90 Å². The van der Waals surface area contributed by atoms with E-state index in [-0.39, 0.29) is 17.9 Å². The molecule has 0 saturated carbocycles. The highest BCUT2D eigenvalue weighted by molar-refractivity contribution is 5.93. The average Bonchev–Trinajstić information content (AvgIpc) is 2.62. The van der Waals surface area contributed by atoms with E-state index in [2.05, 4.69) is 14.9 Å². The Morgan fingerprint density at radius 3 is 2.54 bits per heavy atom. The Morgan fingerprint density at radius 2 is 1.88 bits per heavy atom. The molecule has 1 atom stereocenters. The van der Waals surface area contributed by atoms with Gasteiger partial charge in [0, 0.05) is 51.9 Å². The number of hydrogen-bond donors (Lipinski definition) is 0. The molecule has 1 aromatic rings. The SMILES string of the molecule is CC(=O)N1CCN(C(=O)c2ccnc(N3CCCCC3)n2)C(C)C1. The molecule has 2 saturated heterocycles. The van der Waals surface area contributed by atoms with Gasteiger partial charge in [0.1, 0.15) is 5.69 Å². The summed E-state index contributed by atoms with van der Waals surface area (Å²) in [5.41, 5.74) is 0.439. The zero-order valence-corrected chi connectivity index (χ0v) is 14.4. The second-order valence-electron chi connectivity index (χ2n) is 6.60. The first kappa shape index (κ1) is 16.7. The van der Waals surface area contributed by atoms with Gasteiger partial charge in [-0.25, -0.2) is 9.97 Å². The Bertz CT molecular complexity index is 615. The number of carbonyl (C=O) groups excluding carboxylic acids is 2. The van der Waals surface area contributed by atoms with Crippen LogP contribution in [0.15, 0.2) is 12.3 Å². The van der Waals surface area contributed by atoms with E-state index >= 15 is 0 Å². The fourth-order valence-electron chi connectivity index (χ4n) is 3.41. The second-order valence-corrected chi connectivity index (χ2v) is 6.60. The van der Waals surface area contributed by atoms with Gasteiger partial charge in [-0.2, -0.15) is 0 Å². The van der Waals surface area contributed by atoms with Crippen molar-refractivity contribution < 1.29 is 9.59 Å². The van der Waals surface area contributed by atoms with Crippen molar-refractivity contribution in [3.05, 3.63) is 18.0 Å². The molecule has 0 N–H and O–H groups in total. The number of hydrogen-bond acceptors (Lipinski definition) is 5. The van der Waals surface area contributed by atoms with Crippen LogP contribution >= 0.6 is 0 Å². The van der Waals surface area contributed by atoms with Crippen LogP contribution in [0.2, 0.25) is 0 Å². The molecule has 0 radical (unpaired) electrons. The number of piperazine rings is 1. The molecular weight excluding hydrogens is 306 g/mol. The summed E-state index contributed by atoms with van der Waals surface area (Å²) >= 11 is 0. The zero-order valence-electron chi connectivity index (χ0n) is 14.4. The zero-order chi connectivity index (χ0) is 17.1. The van der Waals surface area contributed by atoms with Gasteiger partial charge >= 0.3 is 0 Å². The van der Waals surface area contributed by atoms with Crippen molar-refractivity contribution >= 4 is 17.8 Å². The first-order valence-corrected chi connectivity index (χ1v) is 8.71. The molecule has 3 heterocycles. The lowest BCUT2D eigenvalue weighted by Crippen LogP contribution is -2.55. The predicted octanol–water partition coefficient (Wildman–Crippen LogP) is 1.16. The molecule has 24 heavy (non-hydrogen) atoms. The Labute approximate surface area is 142 Å². The van der Waals surface area contributed by atoms with Crippen LogP contribution in [0.25, 0.3) is 0 Å². The second kappa shape index (κ2) is 7.15. The summed E-state index contributed by atoms with van der Waals surface area (Å²) in [5.74, 6) is 0.630. The van der Waals surface area contributed by atoms with E-state index in [1.54, 1.807) is 24.1 Å². The van der Waals surface area contributed by atoms with Crippen molar-refractivity contribution in [3.8, 4) is 0 Å². The highest BCUT2D eigenvalue weighted by Crippen LogP contribution is 2.17. The lowest BCUT2D eigenvalue weighted by molar-refractivity contribution is -0.131. The maximum Gasteiger partial charge on any atom is 0.273 e. The predicted molar refractivity (Wildman–Crippen MR) is 90.8 cm³/mol. The molecule has 7 heteroatoms. The minimum atomic E-state index is -0.0774. The summed E-state index contributed by atoms with van der Waals surface area (Å²) in [5, 5.41) is 0. The molecule has 0 aromatic carbocycles. The number of piperidine rings is 1. The van der Waals surface area contributed by atoms with E-state index in [0.29, 0.717) is 31.3 Å². The molecule has 1 aromatic heterocycles. The van der Waals surface area contributed by atoms with Gasteiger partial charge in [0.05, 0.1) is 0 Å². The van der Waals surface area contributed by atoms with Gasteiger partial charge in [-0.1, -0.05) is 0 Å². The number of amides is 2. The van der Waals surface area contributed by atoms with Crippen molar-refractivity contribution in [1.82, 2.24) is 19.8 Å². The summed E-state index contributed by atoms with van der Waals surface area (Å²) in [4.78, 5) is 38.9. The highest BCUT2D eigenvalue weighted by atomic mass is 16.2. The van der Waals surface area contributed by atoms with Crippen LogP contribution in [0, 0.1) is 0 Å². The first-order chi connectivity index (χ1) is 11.6. The molecule has 2 amide bonds. The molecule has 130 valence electrons. The first-order valence-electron chi connectivity index (χ1n) is 8.71. The average molecular weight is 331 g/mol. The van der Waals surface area contributed by atoms with Gasteiger partial charge in [0.15, 0.2) is 0 Å². The fourth-order valence-corrected chi connectivity index (χ4v) is 3.41. The van der Waals surface area contributed by atoms with Crippen LogP contribution in [-0.4, -0.2) is 70.3 Å². The molecule has 0 spiro atoms. The van der Waals surface area contributed by atoms with Gasteiger partial charge in [-0.3, -0.25) is 9.59 Å².